The van der Waals surface area contributed by atoms with Crippen LogP contribution in [0.15, 0.2) is 48.5 Å². The molecule has 1 unspecified atom stereocenters. The zero-order valence-corrected chi connectivity index (χ0v) is 16.0. The molecule has 0 aromatic heterocycles. The number of benzene rings is 2. The molecule has 0 fully saturated rings. The van der Waals surface area contributed by atoms with Gasteiger partial charge in [0.2, 0.25) is 11.8 Å². The van der Waals surface area contributed by atoms with E-state index in [1.165, 1.54) is 24.3 Å². The quantitative estimate of drug-likeness (QED) is 0.692. The summed E-state index contributed by atoms with van der Waals surface area (Å²) in [5.74, 6) is -0.644. The lowest BCUT2D eigenvalue weighted by molar-refractivity contribution is -0.122. The van der Waals surface area contributed by atoms with E-state index in [4.69, 9.17) is 11.6 Å². The normalized spacial score (nSPS) is 12.0. The standard InChI is InChI=1S/C19H20ClF2N3O3/c1-12(18(27)24-14-6-8-16(9-7-14)28-19(21)22)25(2)11-17(26)23-15-5-3-4-13(20)10-15/h3-10,12,19H,11H2,1-2H3,(H,23,26)(H,24,27). The van der Waals surface area contributed by atoms with Crippen LogP contribution in [0.4, 0.5) is 20.2 Å². The Labute approximate surface area is 166 Å². The number of ether oxygens (including phenoxy) is 1. The third kappa shape index (κ3) is 6.79. The molecule has 6 nitrogen and oxygen atoms in total. The summed E-state index contributed by atoms with van der Waals surface area (Å²) in [5.41, 5.74) is 0.990. The lowest BCUT2D eigenvalue weighted by Gasteiger charge is -2.23. The number of nitrogens with one attached hydrogen (secondary N) is 2. The van der Waals surface area contributed by atoms with E-state index in [9.17, 15) is 18.4 Å². The third-order valence-corrected chi connectivity index (χ3v) is 4.12. The number of amides is 2. The smallest absolute Gasteiger partial charge is 0.387 e. The van der Waals surface area contributed by atoms with Crippen molar-refractivity contribution in [3.05, 3.63) is 53.6 Å². The van der Waals surface area contributed by atoms with E-state index in [1.807, 2.05) is 0 Å². The van der Waals surface area contributed by atoms with Crippen molar-refractivity contribution in [3.63, 3.8) is 0 Å². The molecule has 2 rings (SSSR count). The minimum atomic E-state index is -2.91. The Morgan fingerprint density at radius 1 is 1.11 bits per heavy atom. The van der Waals surface area contributed by atoms with E-state index in [0.717, 1.165) is 0 Å². The Kier molecular flexibility index (Phi) is 7.71. The fourth-order valence-corrected chi connectivity index (χ4v) is 2.49. The topological polar surface area (TPSA) is 70.7 Å². The largest absolute Gasteiger partial charge is 0.435 e. The molecule has 0 aliphatic rings. The van der Waals surface area contributed by atoms with Crippen molar-refractivity contribution in [2.75, 3.05) is 24.2 Å². The number of hydrogen-bond acceptors (Lipinski definition) is 4. The van der Waals surface area contributed by atoms with Crippen molar-refractivity contribution >= 4 is 34.8 Å². The number of likely N-dealkylation sites (N-methyl/N-ethyl adjacent to an activating group) is 1. The Morgan fingerprint density at radius 3 is 2.39 bits per heavy atom. The van der Waals surface area contributed by atoms with Gasteiger partial charge in [-0.25, -0.2) is 0 Å². The van der Waals surface area contributed by atoms with Gasteiger partial charge in [-0.3, -0.25) is 14.5 Å². The number of carbonyl (C=O) groups excluding carboxylic acids is 2. The maximum atomic E-state index is 12.3. The van der Waals surface area contributed by atoms with E-state index in [-0.39, 0.29) is 24.1 Å². The van der Waals surface area contributed by atoms with Gasteiger partial charge in [0.05, 0.1) is 12.6 Å². The van der Waals surface area contributed by atoms with Gasteiger partial charge in [-0.2, -0.15) is 8.78 Å². The van der Waals surface area contributed by atoms with Crippen LogP contribution in [0.3, 0.4) is 0 Å². The van der Waals surface area contributed by atoms with Crippen LogP contribution in [0, 0.1) is 0 Å². The molecule has 0 aliphatic carbocycles. The van der Waals surface area contributed by atoms with Crippen LogP contribution in [0.5, 0.6) is 5.75 Å². The highest BCUT2D eigenvalue weighted by molar-refractivity contribution is 6.30. The van der Waals surface area contributed by atoms with E-state index in [2.05, 4.69) is 15.4 Å². The minimum Gasteiger partial charge on any atom is -0.435 e. The number of carbonyl (C=O) groups is 2. The van der Waals surface area contributed by atoms with Gasteiger partial charge in [-0.05, 0) is 56.4 Å². The van der Waals surface area contributed by atoms with E-state index < -0.39 is 12.7 Å². The van der Waals surface area contributed by atoms with Gasteiger partial charge in [0, 0.05) is 16.4 Å². The number of hydrogen-bond donors (Lipinski definition) is 2. The van der Waals surface area contributed by atoms with Crippen molar-refractivity contribution < 1.29 is 23.1 Å². The number of anilines is 2. The summed E-state index contributed by atoms with van der Waals surface area (Å²) < 4.78 is 28.6. The van der Waals surface area contributed by atoms with E-state index >= 15 is 0 Å². The Hall–Kier alpha value is -2.71. The molecule has 0 heterocycles. The van der Waals surface area contributed by atoms with Crippen molar-refractivity contribution in [2.24, 2.45) is 0 Å². The molecule has 2 N–H and O–H groups in total. The Bertz CT molecular complexity index is 818. The highest BCUT2D eigenvalue weighted by Gasteiger charge is 2.20. The van der Waals surface area contributed by atoms with Crippen molar-refractivity contribution in [3.8, 4) is 5.75 Å². The second-order valence-corrected chi connectivity index (χ2v) is 6.48. The molecular formula is C19H20ClF2N3O3. The first-order valence-electron chi connectivity index (χ1n) is 8.36. The van der Waals surface area contributed by atoms with Crippen molar-refractivity contribution in [2.45, 2.75) is 19.6 Å². The fourth-order valence-electron chi connectivity index (χ4n) is 2.30. The first-order valence-corrected chi connectivity index (χ1v) is 8.74. The Morgan fingerprint density at radius 2 is 1.79 bits per heavy atom. The summed E-state index contributed by atoms with van der Waals surface area (Å²) in [5, 5.41) is 5.87. The predicted octanol–water partition coefficient (Wildman–Crippen LogP) is 3.84. The highest BCUT2D eigenvalue weighted by atomic mass is 35.5. The van der Waals surface area contributed by atoms with E-state index in [0.29, 0.717) is 16.4 Å². The summed E-state index contributed by atoms with van der Waals surface area (Å²) >= 11 is 5.88. The summed E-state index contributed by atoms with van der Waals surface area (Å²) in [6, 6.07) is 11.7. The van der Waals surface area contributed by atoms with Gasteiger partial charge < -0.3 is 15.4 Å². The monoisotopic (exact) mass is 411 g/mol. The molecular weight excluding hydrogens is 392 g/mol. The van der Waals surface area contributed by atoms with Gasteiger partial charge in [0.15, 0.2) is 0 Å². The molecule has 0 aliphatic heterocycles. The maximum Gasteiger partial charge on any atom is 0.387 e. The molecule has 28 heavy (non-hydrogen) atoms. The van der Waals surface area contributed by atoms with Crippen molar-refractivity contribution in [1.29, 1.82) is 0 Å². The minimum absolute atomic E-state index is 0.00384. The summed E-state index contributed by atoms with van der Waals surface area (Å²) in [6.45, 7) is -1.27. The van der Waals surface area contributed by atoms with Crippen molar-refractivity contribution in [1.82, 2.24) is 4.90 Å². The van der Waals surface area contributed by atoms with Crippen LogP contribution in [0.25, 0.3) is 0 Å². The average molecular weight is 412 g/mol. The zero-order chi connectivity index (χ0) is 20.7. The third-order valence-electron chi connectivity index (χ3n) is 3.89. The molecule has 0 saturated heterocycles. The van der Waals surface area contributed by atoms with Crippen LogP contribution in [0.1, 0.15) is 6.92 Å². The van der Waals surface area contributed by atoms with Crippen LogP contribution in [-0.2, 0) is 9.59 Å². The molecule has 1 atom stereocenters. The first kappa shape index (κ1) is 21.6. The molecule has 2 aromatic carbocycles. The predicted molar refractivity (Wildman–Crippen MR) is 104 cm³/mol. The lowest BCUT2D eigenvalue weighted by Crippen LogP contribution is -2.43. The van der Waals surface area contributed by atoms with Gasteiger partial charge in [-0.15, -0.1) is 0 Å². The molecule has 2 amide bonds. The number of rotatable bonds is 8. The second kappa shape index (κ2) is 10.0. The van der Waals surface area contributed by atoms with Gasteiger partial charge >= 0.3 is 6.61 Å². The van der Waals surface area contributed by atoms with Gasteiger partial charge in [0.1, 0.15) is 5.75 Å². The van der Waals surface area contributed by atoms with Crippen LogP contribution < -0.4 is 15.4 Å². The van der Waals surface area contributed by atoms with Crippen LogP contribution in [-0.4, -0.2) is 43.0 Å². The summed E-state index contributed by atoms with van der Waals surface area (Å²) in [7, 11) is 1.64. The van der Waals surface area contributed by atoms with E-state index in [1.54, 1.807) is 43.1 Å². The summed E-state index contributed by atoms with van der Waals surface area (Å²) in [4.78, 5) is 26.1. The molecule has 0 saturated carbocycles. The number of nitrogens with zero attached hydrogens (tertiary/aromatic N) is 1. The molecule has 0 spiro atoms. The van der Waals surface area contributed by atoms with Crippen LogP contribution >= 0.6 is 11.6 Å². The lowest BCUT2D eigenvalue weighted by atomic mass is 10.2. The SMILES string of the molecule is CC(C(=O)Nc1ccc(OC(F)F)cc1)N(C)CC(=O)Nc1cccc(Cl)c1. The molecule has 9 heteroatoms. The highest BCUT2D eigenvalue weighted by Crippen LogP contribution is 2.18. The fraction of sp³-hybridized carbons (Fsp3) is 0.263. The average Bonchev–Trinajstić information content (AvgIpc) is 2.62. The number of halogens is 3. The summed E-state index contributed by atoms with van der Waals surface area (Å²) in [6.07, 6.45) is 0. The first-order chi connectivity index (χ1) is 13.2. The maximum absolute atomic E-state index is 12.3. The molecule has 0 bridgehead atoms. The Balaban J connectivity index is 1.86. The number of alkyl halides is 2. The molecule has 2 aromatic rings. The molecule has 150 valence electrons. The zero-order valence-electron chi connectivity index (χ0n) is 15.3. The van der Waals surface area contributed by atoms with Gasteiger partial charge in [0.25, 0.3) is 0 Å². The van der Waals surface area contributed by atoms with Crippen LogP contribution in [0.2, 0.25) is 5.02 Å². The second-order valence-electron chi connectivity index (χ2n) is 6.04. The molecule has 0 radical (unpaired) electrons. The van der Waals surface area contributed by atoms with Gasteiger partial charge in [-0.1, -0.05) is 17.7 Å².